The zero-order valence-corrected chi connectivity index (χ0v) is 18.2. The van der Waals surface area contributed by atoms with Crippen molar-refractivity contribution in [2.24, 2.45) is 0 Å². The molecule has 0 amide bonds. The minimum absolute atomic E-state index is 0.617. The highest BCUT2D eigenvalue weighted by molar-refractivity contribution is 6.17. The highest BCUT2D eigenvalue weighted by Gasteiger charge is 2.20. The van der Waals surface area contributed by atoms with Crippen molar-refractivity contribution in [2.45, 2.75) is 20.0 Å². The van der Waals surface area contributed by atoms with E-state index in [1.165, 1.54) is 11.1 Å². The van der Waals surface area contributed by atoms with E-state index < -0.39 is 0 Å². The summed E-state index contributed by atoms with van der Waals surface area (Å²) in [5.41, 5.74) is 6.32. The number of imidazole rings is 1. The first-order chi connectivity index (χ1) is 16.2. The maximum absolute atomic E-state index is 9.00. The van der Waals surface area contributed by atoms with Gasteiger partial charge in [0.1, 0.15) is 24.3 Å². The summed E-state index contributed by atoms with van der Waals surface area (Å²) in [6, 6.07) is 20.1. The number of rotatable bonds is 7. The fourth-order valence-electron chi connectivity index (χ4n) is 3.96. The third-order valence-corrected chi connectivity index (χ3v) is 5.72. The first kappa shape index (κ1) is 20.8. The van der Waals surface area contributed by atoms with Gasteiger partial charge in [-0.2, -0.15) is 9.55 Å². The number of pyridine rings is 1. The Morgan fingerprint density at radius 2 is 1.73 bits per heavy atom. The molecule has 3 heterocycles. The summed E-state index contributed by atoms with van der Waals surface area (Å²) < 4.78 is 11.5. The topological polar surface area (TPSA) is 67.9 Å². The fourth-order valence-corrected chi connectivity index (χ4v) is 3.96. The van der Waals surface area contributed by atoms with Crippen molar-refractivity contribution < 1.29 is 18.8 Å². The second kappa shape index (κ2) is 9.22. The molecule has 0 aliphatic carbocycles. The van der Waals surface area contributed by atoms with Crippen LogP contribution < -0.4 is 13.8 Å². The molecule has 5 aromatic rings. The molecule has 0 bridgehead atoms. The molecule has 161 valence electrons. The number of aromatic nitrogens is 5. The smallest absolute Gasteiger partial charge is 0.537 e. The minimum Gasteiger partial charge on any atom is -0.537 e. The quantitative estimate of drug-likeness (QED) is 0.314. The predicted molar refractivity (Wildman–Crippen MR) is 124 cm³/mol. The molecule has 8 heteroatoms. The predicted octanol–water partition coefficient (Wildman–Crippen LogP) is 2.31. The molecule has 33 heavy (non-hydrogen) atoms. The van der Waals surface area contributed by atoms with Crippen LogP contribution in [0.25, 0.3) is 16.9 Å². The highest BCUT2D eigenvalue weighted by atomic mass is 16.5. The van der Waals surface area contributed by atoms with Gasteiger partial charge in [0, 0.05) is 12.1 Å². The normalized spacial score (nSPS) is 11.0. The Kier molecular flexibility index (Phi) is 5.82. The standard InChI is InChI=1S/C25H23BN5O2/c1-19-6-2-3-7-20(19)16-30-18-31(25-23(30)14-27-17-28-25)22-10-12-29(13-11-22)15-21-8-4-5-9-24(21)33-26-32/h2-14,17-18,32H,15-16H2,1H3/q+2. The summed E-state index contributed by atoms with van der Waals surface area (Å²) >= 11 is 0. The largest absolute Gasteiger partial charge is 0.569 e. The number of benzene rings is 2. The van der Waals surface area contributed by atoms with E-state index in [0.717, 1.165) is 29.0 Å². The van der Waals surface area contributed by atoms with Gasteiger partial charge in [0.05, 0.1) is 11.8 Å². The number of hydrogen-bond donors (Lipinski definition) is 1. The summed E-state index contributed by atoms with van der Waals surface area (Å²) in [6.45, 7) is 3.49. The van der Waals surface area contributed by atoms with Crippen LogP contribution in [0.1, 0.15) is 16.7 Å². The Balaban J connectivity index is 1.46. The molecule has 1 radical (unpaired) electrons. The van der Waals surface area contributed by atoms with E-state index in [1.807, 2.05) is 42.9 Å². The van der Waals surface area contributed by atoms with Gasteiger partial charge >= 0.3 is 7.69 Å². The second-order valence-electron chi connectivity index (χ2n) is 7.83. The number of fused-ring (bicyclic) bond motifs is 1. The van der Waals surface area contributed by atoms with Crippen LogP contribution in [0.5, 0.6) is 5.75 Å². The molecule has 0 saturated carbocycles. The average Bonchev–Trinajstić information content (AvgIpc) is 3.21. The van der Waals surface area contributed by atoms with Crippen LogP contribution >= 0.6 is 0 Å². The first-order valence-corrected chi connectivity index (χ1v) is 10.7. The summed E-state index contributed by atoms with van der Waals surface area (Å²) in [7, 11) is 0.706. The molecule has 3 aromatic heterocycles. The van der Waals surface area contributed by atoms with Crippen LogP contribution in [0.4, 0.5) is 0 Å². The van der Waals surface area contributed by atoms with Crippen molar-refractivity contribution >= 4 is 18.8 Å². The molecular weight excluding hydrogens is 413 g/mol. The van der Waals surface area contributed by atoms with E-state index in [-0.39, 0.29) is 0 Å². The van der Waals surface area contributed by atoms with Gasteiger partial charge in [-0.15, -0.1) is 0 Å². The van der Waals surface area contributed by atoms with E-state index in [1.54, 1.807) is 6.33 Å². The number of para-hydroxylation sites is 1. The highest BCUT2D eigenvalue weighted by Crippen LogP contribution is 2.18. The summed E-state index contributed by atoms with van der Waals surface area (Å²) in [4.78, 5) is 8.79. The third kappa shape index (κ3) is 4.33. The van der Waals surface area contributed by atoms with Crippen molar-refractivity contribution in [2.75, 3.05) is 0 Å². The van der Waals surface area contributed by atoms with Gasteiger partial charge in [-0.1, -0.05) is 36.4 Å². The number of nitrogens with zero attached hydrogens (tertiary/aromatic N) is 5. The van der Waals surface area contributed by atoms with Crippen LogP contribution in [-0.4, -0.2) is 27.2 Å². The van der Waals surface area contributed by atoms with Crippen molar-refractivity contribution in [1.82, 2.24) is 14.5 Å². The van der Waals surface area contributed by atoms with E-state index in [9.17, 15) is 0 Å². The van der Waals surface area contributed by atoms with Gasteiger partial charge in [0.15, 0.2) is 18.9 Å². The Bertz CT molecular complexity index is 1400. The van der Waals surface area contributed by atoms with Crippen molar-refractivity contribution in [3.05, 3.63) is 109 Å². The molecule has 0 saturated heterocycles. The van der Waals surface area contributed by atoms with E-state index in [4.69, 9.17) is 9.68 Å². The van der Waals surface area contributed by atoms with Crippen LogP contribution in [-0.2, 0) is 13.1 Å². The molecule has 5 rings (SSSR count). The summed E-state index contributed by atoms with van der Waals surface area (Å²) in [6.07, 6.45) is 9.55. The summed E-state index contributed by atoms with van der Waals surface area (Å²) in [5.74, 6) is 0.627. The molecule has 0 aliphatic heterocycles. The summed E-state index contributed by atoms with van der Waals surface area (Å²) in [5, 5.41) is 9.00. The maximum Gasteiger partial charge on any atom is 0.569 e. The Morgan fingerprint density at radius 1 is 0.970 bits per heavy atom. The monoisotopic (exact) mass is 436 g/mol. The zero-order valence-electron chi connectivity index (χ0n) is 18.2. The molecular formula is C25H23BN5O2+2. The second-order valence-corrected chi connectivity index (χ2v) is 7.83. The fraction of sp³-hybridized carbons (Fsp3) is 0.120. The lowest BCUT2D eigenvalue weighted by Crippen LogP contribution is -2.34. The number of hydrogen-bond acceptors (Lipinski definition) is 4. The molecule has 0 aliphatic rings. The van der Waals surface area contributed by atoms with Crippen LogP contribution in [0.3, 0.4) is 0 Å². The lowest BCUT2D eigenvalue weighted by Gasteiger charge is -2.06. The van der Waals surface area contributed by atoms with Crippen molar-refractivity contribution in [1.29, 1.82) is 0 Å². The zero-order chi connectivity index (χ0) is 22.6. The van der Waals surface area contributed by atoms with E-state index in [2.05, 4.69) is 73.3 Å². The molecule has 7 nitrogen and oxygen atoms in total. The lowest BCUT2D eigenvalue weighted by atomic mass is 10.1. The Labute approximate surface area is 192 Å². The minimum atomic E-state index is 0.617. The first-order valence-electron chi connectivity index (χ1n) is 10.7. The average molecular weight is 436 g/mol. The van der Waals surface area contributed by atoms with Crippen LogP contribution in [0.2, 0.25) is 0 Å². The molecule has 0 spiro atoms. The Morgan fingerprint density at radius 3 is 2.52 bits per heavy atom. The molecule has 0 atom stereocenters. The molecule has 0 unspecified atom stereocenters. The van der Waals surface area contributed by atoms with Gasteiger partial charge in [0.2, 0.25) is 5.52 Å². The maximum atomic E-state index is 9.00. The molecule has 2 aromatic carbocycles. The van der Waals surface area contributed by atoms with Crippen molar-refractivity contribution in [3.63, 3.8) is 0 Å². The molecule has 1 N–H and O–H groups in total. The van der Waals surface area contributed by atoms with Gasteiger partial charge < -0.3 is 9.68 Å². The third-order valence-electron chi connectivity index (χ3n) is 5.72. The Hall–Kier alpha value is -4.04. The van der Waals surface area contributed by atoms with Gasteiger partial charge in [0.25, 0.3) is 12.0 Å². The van der Waals surface area contributed by atoms with Crippen LogP contribution in [0, 0.1) is 6.92 Å². The van der Waals surface area contributed by atoms with Crippen LogP contribution in [0.15, 0.2) is 91.9 Å². The van der Waals surface area contributed by atoms with Gasteiger partial charge in [-0.05, 0) is 30.2 Å². The SMILES string of the molecule is Cc1ccccc1C[n+]1cn(-c2cc[n+](Cc3ccccc3O[B]O)cc2)c2ncncc21. The number of aryl methyl sites for hydroxylation is 1. The van der Waals surface area contributed by atoms with Crippen molar-refractivity contribution in [3.8, 4) is 11.4 Å². The van der Waals surface area contributed by atoms with E-state index in [0.29, 0.717) is 20.0 Å². The van der Waals surface area contributed by atoms with Gasteiger partial charge in [-0.25, -0.2) is 14.1 Å². The lowest BCUT2D eigenvalue weighted by molar-refractivity contribution is -0.688. The van der Waals surface area contributed by atoms with E-state index >= 15 is 0 Å². The molecule has 0 fully saturated rings. The van der Waals surface area contributed by atoms with Gasteiger partial charge in [-0.3, -0.25) is 0 Å².